The van der Waals surface area contributed by atoms with Crippen molar-refractivity contribution in [3.8, 4) is 0 Å². The van der Waals surface area contributed by atoms with Crippen molar-refractivity contribution in [1.82, 2.24) is 14.8 Å². The molecule has 1 aromatic heterocycles. The lowest BCUT2D eigenvalue weighted by atomic mass is 10.1. The first-order valence-electron chi connectivity index (χ1n) is 8.39. The van der Waals surface area contributed by atoms with Crippen LogP contribution in [0.1, 0.15) is 10.4 Å². The van der Waals surface area contributed by atoms with Crippen molar-refractivity contribution >= 4 is 28.7 Å². The fourth-order valence-electron chi connectivity index (χ4n) is 2.94. The number of benzene rings is 2. The second-order valence-corrected chi connectivity index (χ2v) is 6.28. The van der Waals surface area contributed by atoms with Crippen molar-refractivity contribution in [2.45, 2.75) is 0 Å². The highest BCUT2D eigenvalue weighted by atomic mass is 16.4. The second kappa shape index (κ2) is 6.57. The summed E-state index contributed by atoms with van der Waals surface area (Å²) in [6, 6.07) is 15.5. The number of amides is 1. The molecule has 2 aromatic carbocycles. The molecule has 1 aliphatic rings. The van der Waals surface area contributed by atoms with Gasteiger partial charge in [0.2, 0.25) is 0 Å². The Balaban J connectivity index is 1.45. The molecule has 0 atom stereocenters. The van der Waals surface area contributed by atoms with Crippen LogP contribution in [0.3, 0.4) is 0 Å². The molecule has 1 saturated heterocycles. The number of fused-ring (bicyclic) bond motifs is 1. The van der Waals surface area contributed by atoms with E-state index >= 15 is 0 Å². The number of likely N-dealkylation sites (N-methyl/N-ethyl adjacent to an activating group) is 1. The summed E-state index contributed by atoms with van der Waals surface area (Å²) in [7, 11) is 2.08. The van der Waals surface area contributed by atoms with E-state index < -0.39 is 0 Å². The van der Waals surface area contributed by atoms with Gasteiger partial charge in [-0.25, -0.2) is 0 Å². The van der Waals surface area contributed by atoms with E-state index in [9.17, 15) is 4.79 Å². The number of rotatable bonds is 3. The third-order valence-corrected chi connectivity index (χ3v) is 4.47. The predicted molar refractivity (Wildman–Crippen MR) is 97.1 cm³/mol. The molecule has 0 radical (unpaired) electrons. The minimum Gasteiger partial charge on any atom is -0.423 e. The number of aromatic nitrogens is 1. The zero-order valence-corrected chi connectivity index (χ0v) is 14.1. The van der Waals surface area contributed by atoms with E-state index in [1.807, 2.05) is 53.4 Å². The van der Waals surface area contributed by atoms with Gasteiger partial charge in [0, 0.05) is 37.4 Å². The van der Waals surface area contributed by atoms with Crippen molar-refractivity contribution in [2.24, 2.45) is 0 Å². The Labute approximate surface area is 146 Å². The molecule has 1 aliphatic heterocycles. The average molecular weight is 336 g/mol. The number of carbonyl (C=O) groups is 1. The number of oxazole rings is 1. The number of piperazine rings is 1. The first-order chi connectivity index (χ1) is 12.2. The summed E-state index contributed by atoms with van der Waals surface area (Å²) in [4.78, 5) is 21.1. The molecule has 1 fully saturated rings. The van der Waals surface area contributed by atoms with Crippen LogP contribution in [0.15, 0.2) is 52.9 Å². The summed E-state index contributed by atoms with van der Waals surface area (Å²) in [5.41, 5.74) is 3.09. The van der Waals surface area contributed by atoms with Gasteiger partial charge in [0.1, 0.15) is 5.52 Å². The lowest BCUT2D eigenvalue weighted by Gasteiger charge is -2.32. The third-order valence-electron chi connectivity index (χ3n) is 4.47. The van der Waals surface area contributed by atoms with Crippen LogP contribution in [0, 0.1) is 0 Å². The van der Waals surface area contributed by atoms with Crippen molar-refractivity contribution in [3.63, 3.8) is 0 Å². The molecule has 1 N–H and O–H groups in total. The van der Waals surface area contributed by atoms with Crippen molar-refractivity contribution in [1.29, 1.82) is 0 Å². The predicted octanol–water partition coefficient (Wildman–Crippen LogP) is 2.96. The van der Waals surface area contributed by atoms with Gasteiger partial charge in [0.15, 0.2) is 5.58 Å². The third kappa shape index (κ3) is 3.34. The summed E-state index contributed by atoms with van der Waals surface area (Å²) in [6.45, 7) is 3.39. The number of hydrogen-bond donors (Lipinski definition) is 1. The van der Waals surface area contributed by atoms with E-state index in [0.717, 1.165) is 43.0 Å². The molecule has 0 aliphatic carbocycles. The van der Waals surface area contributed by atoms with Gasteiger partial charge in [-0.15, -0.1) is 0 Å². The molecule has 25 heavy (non-hydrogen) atoms. The standard InChI is InChI=1S/C19H20N4O2/c1-22-10-12-23(13-11-22)18(24)14-6-8-15(9-7-14)20-19-21-16-4-2-3-5-17(16)25-19/h2-9H,10-13H2,1H3,(H,20,21). The molecule has 0 saturated carbocycles. The number of para-hydroxylation sites is 2. The molecule has 1 amide bonds. The first kappa shape index (κ1) is 15.7. The summed E-state index contributed by atoms with van der Waals surface area (Å²) in [6.07, 6.45) is 0. The highest BCUT2D eigenvalue weighted by Gasteiger charge is 2.20. The van der Waals surface area contributed by atoms with Crippen LogP contribution in [-0.2, 0) is 0 Å². The fraction of sp³-hybridized carbons (Fsp3) is 0.263. The van der Waals surface area contributed by atoms with Gasteiger partial charge in [-0.05, 0) is 43.4 Å². The highest BCUT2D eigenvalue weighted by molar-refractivity contribution is 5.94. The first-order valence-corrected chi connectivity index (χ1v) is 8.39. The van der Waals surface area contributed by atoms with Gasteiger partial charge in [0.25, 0.3) is 11.9 Å². The molecule has 4 rings (SSSR count). The number of nitrogens with one attached hydrogen (secondary N) is 1. The van der Waals surface area contributed by atoms with E-state index in [-0.39, 0.29) is 5.91 Å². The maximum Gasteiger partial charge on any atom is 0.300 e. The zero-order valence-electron chi connectivity index (χ0n) is 14.1. The monoisotopic (exact) mass is 336 g/mol. The van der Waals surface area contributed by atoms with Gasteiger partial charge in [0.05, 0.1) is 0 Å². The topological polar surface area (TPSA) is 61.6 Å². The normalized spacial score (nSPS) is 15.5. The Kier molecular flexibility index (Phi) is 4.11. The second-order valence-electron chi connectivity index (χ2n) is 6.28. The van der Waals surface area contributed by atoms with Gasteiger partial charge >= 0.3 is 0 Å². The average Bonchev–Trinajstić information content (AvgIpc) is 3.05. The van der Waals surface area contributed by atoms with Crippen molar-refractivity contribution in [3.05, 3.63) is 54.1 Å². The number of anilines is 2. The lowest BCUT2D eigenvalue weighted by Crippen LogP contribution is -2.47. The quantitative estimate of drug-likeness (QED) is 0.797. The molecule has 128 valence electrons. The van der Waals surface area contributed by atoms with E-state index in [0.29, 0.717) is 11.6 Å². The van der Waals surface area contributed by atoms with Crippen LogP contribution in [0.25, 0.3) is 11.1 Å². The minimum absolute atomic E-state index is 0.0847. The van der Waals surface area contributed by atoms with Crippen LogP contribution in [0.5, 0.6) is 0 Å². The molecule has 3 aromatic rings. The van der Waals surface area contributed by atoms with E-state index in [1.54, 1.807) is 0 Å². The Bertz CT molecular complexity index is 847. The number of nitrogens with zero attached hydrogens (tertiary/aromatic N) is 3. The number of hydrogen-bond acceptors (Lipinski definition) is 5. The maximum atomic E-state index is 12.5. The van der Waals surface area contributed by atoms with Crippen LogP contribution in [0.2, 0.25) is 0 Å². The number of carbonyl (C=O) groups excluding carboxylic acids is 1. The maximum absolute atomic E-state index is 12.5. The zero-order chi connectivity index (χ0) is 17.2. The van der Waals surface area contributed by atoms with Crippen molar-refractivity contribution < 1.29 is 9.21 Å². The molecule has 0 spiro atoms. The molecule has 2 heterocycles. The van der Waals surface area contributed by atoms with Crippen LogP contribution in [0.4, 0.5) is 11.7 Å². The largest absolute Gasteiger partial charge is 0.423 e. The van der Waals surface area contributed by atoms with Crippen LogP contribution in [-0.4, -0.2) is 53.9 Å². The molecule has 0 bridgehead atoms. The summed E-state index contributed by atoms with van der Waals surface area (Å²) in [5.74, 6) is 0.0847. The Hall–Kier alpha value is -2.86. The van der Waals surface area contributed by atoms with Gasteiger partial charge < -0.3 is 19.5 Å². The lowest BCUT2D eigenvalue weighted by molar-refractivity contribution is 0.0664. The molecule has 0 unspecified atom stereocenters. The van der Waals surface area contributed by atoms with Crippen LogP contribution < -0.4 is 5.32 Å². The van der Waals surface area contributed by atoms with Gasteiger partial charge in [-0.1, -0.05) is 12.1 Å². The minimum atomic E-state index is 0.0847. The van der Waals surface area contributed by atoms with Gasteiger partial charge in [-0.2, -0.15) is 4.98 Å². The summed E-state index contributed by atoms with van der Waals surface area (Å²) < 4.78 is 5.65. The molecular formula is C19H20N4O2. The summed E-state index contributed by atoms with van der Waals surface area (Å²) in [5, 5.41) is 3.14. The fourth-order valence-corrected chi connectivity index (χ4v) is 2.94. The van der Waals surface area contributed by atoms with Crippen LogP contribution >= 0.6 is 0 Å². The van der Waals surface area contributed by atoms with Gasteiger partial charge in [-0.3, -0.25) is 4.79 Å². The SMILES string of the molecule is CN1CCN(C(=O)c2ccc(Nc3nc4ccccc4o3)cc2)CC1. The summed E-state index contributed by atoms with van der Waals surface area (Å²) >= 11 is 0. The smallest absolute Gasteiger partial charge is 0.300 e. The molecular weight excluding hydrogens is 316 g/mol. The van der Waals surface area contributed by atoms with E-state index in [4.69, 9.17) is 4.42 Å². The Morgan fingerprint density at radius 2 is 1.76 bits per heavy atom. The Morgan fingerprint density at radius 1 is 1.04 bits per heavy atom. The molecule has 6 heteroatoms. The highest BCUT2D eigenvalue weighted by Crippen LogP contribution is 2.22. The Morgan fingerprint density at radius 3 is 2.48 bits per heavy atom. The molecule has 6 nitrogen and oxygen atoms in total. The van der Waals surface area contributed by atoms with E-state index in [2.05, 4.69) is 22.2 Å². The van der Waals surface area contributed by atoms with E-state index in [1.165, 1.54) is 0 Å². The van der Waals surface area contributed by atoms with Crippen molar-refractivity contribution in [2.75, 3.05) is 38.5 Å².